The zero-order valence-corrected chi connectivity index (χ0v) is 8.14. The Morgan fingerprint density at radius 2 is 1.38 bits per heavy atom. The number of carbonyl (C=O) groups excluding carboxylic acids is 2. The standard InChI is InChI=1S/C9H16N2O2/c1-7(12)10-9(11-8(2)13)5-3-4-6-9/h3-6H2,1-2H3,(H,10,12)(H,11,13). The maximum Gasteiger partial charge on any atom is 0.218 e. The molecule has 0 aromatic carbocycles. The fraction of sp³-hybridized carbons (Fsp3) is 0.778. The molecule has 2 N–H and O–H groups in total. The van der Waals surface area contributed by atoms with E-state index in [-0.39, 0.29) is 11.8 Å². The van der Waals surface area contributed by atoms with Crippen LogP contribution < -0.4 is 10.6 Å². The van der Waals surface area contributed by atoms with Gasteiger partial charge in [-0.1, -0.05) is 0 Å². The Balaban J connectivity index is 2.62. The molecule has 0 bridgehead atoms. The number of rotatable bonds is 2. The number of hydrogen-bond acceptors (Lipinski definition) is 2. The van der Waals surface area contributed by atoms with Crippen LogP contribution in [0.3, 0.4) is 0 Å². The Kier molecular flexibility index (Phi) is 2.90. The van der Waals surface area contributed by atoms with Crippen LogP contribution in [0.15, 0.2) is 0 Å². The zero-order valence-electron chi connectivity index (χ0n) is 8.14. The molecule has 2 amide bonds. The Labute approximate surface area is 78.1 Å². The molecule has 0 radical (unpaired) electrons. The highest BCUT2D eigenvalue weighted by Crippen LogP contribution is 2.26. The van der Waals surface area contributed by atoms with Crippen LogP contribution in [-0.4, -0.2) is 17.5 Å². The van der Waals surface area contributed by atoms with Crippen molar-refractivity contribution in [2.24, 2.45) is 0 Å². The first-order chi connectivity index (χ1) is 6.04. The maximum absolute atomic E-state index is 10.9. The molecule has 74 valence electrons. The number of hydrogen-bond donors (Lipinski definition) is 2. The van der Waals surface area contributed by atoms with E-state index in [0.717, 1.165) is 25.7 Å². The lowest BCUT2D eigenvalue weighted by Gasteiger charge is -2.30. The van der Waals surface area contributed by atoms with Gasteiger partial charge in [0, 0.05) is 13.8 Å². The first kappa shape index (κ1) is 10.0. The van der Waals surface area contributed by atoms with E-state index < -0.39 is 5.66 Å². The van der Waals surface area contributed by atoms with Crippen molar-refractivity contribution < 1.29 is 9.59 Å². The highest BCUT2D eigenvalue weighted by molar-refractivity contribution is 5.77. The van der Waals surface area contributed by atoms with Gasteiger partial charge < -0.3 is 10.6 Å². The van der Waals surface area contributed by atoms with E-state index in [2.05, 4.69) is 10.6 Å². The minimum absolute atomic E-state index is 0.0874. The largest absolute Gasteiger partial charge is 0.334 e. The quantitative estimate of drug-likeness (QED) is 0.615. The Morgan fingerprint density at radius 3 is 1.69 bits per heavy atom. The monoisotopic (exact) mass is 184 g/mol. The molecule has 1 aliphatic rings. The summed E-state index contributed by atoms with van der Waals surface area (Å²) < 4.78 is 0. The van der Waals surface area contributed by atoms with Crippen LogP contribution >= 0.6 is 0 Å². The highest BCUT2D eigenvalue weighted by Gasteiger charge is 2.34. The van der Waals surface area contributed by atoms with Crippen LogP contribution in [0.25, 0.3) is 0 Å². The van der Waals surface area contributed by atoms with Gasteiger partial charge in [0.05, 0.1) is 0 Å². The van der Waals surface area contributed by atoms with Crippen molar-refractivity contribution in [2.45, 2.75) is 45.2 Å². The van der Waals surface area contributed by atoms with Crippen LogP contribution in [0, 0.1) is 0 Å². The molecule has 0 heterocycles. The average Bonchev–Trinajstić information content (AvgIpc) is 2.33. The van der Waals surface area contributed by atoms with Gasteiger partial charge in [-0.25, -0.2) is 0 Å². The van der Waals surface area contributed by atoms with E-state index in [1.807, 2.05) is 0 Å². The van der Waals surface area contributed by atoms with Crippen molar-refractivity contribution in [3.8, 4) is 0 Å². The van der Waals surface area contributed by atoms with Gasteiger partial charge in [-0.05, 0) is 25.7 Å². The summed E-state index contributed by atoms with van der Waals surface area (Å²) in [5, 5.41) is 5.63. The second-order valence-corrected chi connectivity index (χ2v) is 3.65. The minimum atomic E-state index is -0.461. The fourth-order valence-corrected chi connectivity index (χ4v) is 1.93. The first-order valence-corrected chi connectivity index (χ1v) is 4.62. The van der Waals surface area contributed by atoms with E-state index in [0.29, 0.717) is 0 Å². The topological polar surface area (TPSA) is 58.2 Å². The smallest absolute Gasteiger partial charge is 0.218 e. The predicted octanol–water partition coefficient (Wildman–Crippen LogP) is 0.529. The lowest BCUT2D eigenvalue weighted by molar-refractivity contribution is -0.124. The van der Waals surface area contributed by atoms with Crippen molar-refractivity contribution in [3.63, 3.8) is 0 Å². The molecule has 1 fully saturated rings. The van der Waals surface area contributed by atoms with Gasteiger partial charge in [-0.15, -0.1) is 0 Å². The number of carbonyl (C=O) groups is 2. The molecule has 1 saturated carbocycles. The molecule has 0 saturated heterocycles. The molecule has 0 atom stereocenters. The Bertz CT molecular complexity index is 202. The zero-order chi connectivity index (χ0) is 9.90. The molecule has 1 aliphatic carbocycles. The summed E-state index contributed by atoms with van der Waals surface area (Å²) in [5.74, 6) is -0.175. The lowest BCUT2D eigenvalue weighted by Crippen LogP contribution is -2.57. The van der Waals surface area contributed by atoms with Crippen LogP contribution in [0.2, 0.25) is 0 Å². The van der Waals surface area contributed by atoms with Crippen LogP contribution in [0.5, 0.6) is 0 Å². The summed E-state index contributed by atoms with van der Waals surface area (Å²) in [7, 11) is 0. The van der Waals surface area contributed by atoms with Crippen LogP contribution in [-0.2, 0) is 9.59 Å². The summed E-state index contributed by atoms with van der Waals surface area (Å²) in [5.41, 5.74) is -0.461. The highest BCUT2D eigenvalue weighted by atomic mass is 16.2. The molecule has 0 spiro atoms. The molecule has 0 aliphatic heterocycles. The van der Waals surface area contributed by atoms with Gasteiger partial charge >= 0.3 is 0 Å². The molecule has 4 nitrogen and oxygen atoms in total. The van der Waals surface area contributed by atoms with Gasteiger partial charge in [-0.3, -0.25) is 9.59 Å². The molecule has 0 unspecified atom stereocenters. The molecule has 13 heavy (non-hydrogen) atoms. The predicted molar refractivity (Wildman–Crippen MR) is 48.8 cm³/mol. The van der Waals surface area contributed by atoms with Crippen molar-refractivity contribution in [3.05, 3.63) is 0 Å². The third kappa shape index (κ3) is 2.72. The summed E-state index contributed by atoms with van der Waals surface area (Å²) in [6.07, 6.45) is 3.79. The van der Waals surface area contributed by atoms with Crippen LogP contribution in [0.1, 0.15) is 39.5 Å². The Morgan fingerprint density at radius 1 is 1.00 bits per heavy atom. The van der Waals surface area contributed by atoms with E-state index >= 15 is 0 Å². The van der Waals surface area contributed by atoms with Crippen molar-refractivity contribution in [1.29, 1.82) is 0 Å². The number of nitrogens with one attached hydrogen (secondary N) is 2. The van der Waals surface area contributed by atoms with Gasteiger partial charge in [-0.2, -0.15) is 0 Å². The second kappa shape index (κ2) is 3.77. The Hall–Kier alpha value is -1.06. The fourth-order valence-electron chi connectivity index (χ4n) is 1.93. The van der Waals surface area contributed by atoms with Crippen LogP contribution in [0.4, 0.5) is 0 Å². The SMILES string of the molecule is CC(=O)NC1(NC(C)=O)CCCC1. The molecule has 0 aromatic rings. The minimum Gasteiger partial charge on any atom is -0.334 e. The molecule has 1 rings (SSSR count). The second-order valence-electron chi connectivity index (χ2n) is 3.65. The normalized spacial score (nSPS) is 19.5. The van der Waals surface area contributed by atoms with E-state index in [4.69, 9.17) is 0 Å². The van der Waals surface area contributed by atoms with E-state index in [1.54, 1.807) is 0 Å². The van der Waals surface area contributed by atoms with Gasteiger partial charge in [0.15, 0.2) is 0 Å². The third-order valence-electron chi connectivity index (χ3n) is 2.29. The van der Waals surface area contributed by atoms with E-state index in [9.17, 15) is 9.59 Å². The average molecular weight is 184 g/mol. The summed E-state index contributed by atoms with van der Waals surface area (Å²) >= 11 is 0. The summed E-state index contributed by atoms with van der Waals surface area (Å²) in [6.45, 7) is 2.95. The van der Waals surface area contributed by atoms with E-state index in [1.165, 1.54) is 13.8 Å². The third-order valence-corrected chi connectivity index (χ3v) is 2.29. The number of amides is 2. The van der Waals surface area contributed by atoms with Crippen molar-refractivity contribution in [2.75, 3.05) is 0 Å². The maximum atomic E-state index is 10.9. The molecular formula is C9H16N2O2. The summed E-state index contributed by atoms with van der Waals surface area (Å²) in [6, 6.07) is 0. The molecular weight excluding hydrogens is 168 g/mol. The molecule has 0 aromatic heterocycles. The van der Waals surface area contributed by atoms with Crippen molar-refractivity contribution in [1.82, 2.24) is 10.6 Å². The van der Waals surface area contributed by atoms with Gasteiger partial charge in [0.1, 0.15) is 5.66 Å². The van der Waals surface area contributed by atoms with Crippen molar-refractivity contribution >= 4 is 11.8 Å². The molecule has 4 heteroatoms. The first-order valence-electron chi connectivity index (χ1n) is 4.62. The lowest BCUT2D eigenvalue weighted by atomic mass is 10.1. The van der Waals surface area contributed by atoms with Gasteiger partial charge in [0.2, 0.25) is 11.8 Å². The van der Waals surface area contributed by atoms with Gasteiger partial charge in [0.25, 0.3) is 0 Å². The summed E-state index contributed by atoms with van der Waals surface area (Å²) in [4.78, 5) is 21.8.